The van der Waals surface area contributed by atoms with E-state index in [0.717, 1.165) is 5.56 Å². The predicted molar refractivity (Wildman–Crippen MR) is 124 cm³/mol. The molecule has 8 nitrogen and oxygen atoms in total. The third-order valence-corrected chi connectivity index (χ3v) is 5.79. The van der Waals surface area contributed by atoms with E-state index in [1.54, 1.807) is 6.07 Å². The lowest BCUT2D eigenvalue weighted by atomic mass is 10.0. The maximum Gasteiger partial charge on any atom is 0.356 e. The highest BCUT2D eigenvalue weighted by molar-refractivity contribution is 6.29. The highest BCUT2D eigenvalue weighted by atomic mass is 35.5. The lowest BCUT2D eigenvalue weighted by molar-refractivity contribution is 0.0691. The van der Waals surface area contributed by atoms with E-state index in [4.69, 9.17) is 11.6 Å². The molecule has 1 aliphatic heterocycles. The summed E-state index contributed by atoms with van der Waals surface area (Å²) in [6.07, 6.45) is -2.94. The van der Waals surface area contributed by atoms with Gasteiger partial charge < -0.3 is 15.3 Å². The van der Waals surface area contributed by atoms with E-state index in [2.05, 4.69) is 20.3 Å². The van der Waals surface area contributed by atoms with Gasteiger partial charge in [-0.05, 0) is 37.6 Å². The average Bonchev–Trinajstić information content (AvgIpc) is 2.77. The number of carbonyl (C=O) groups is 1. The molecule has 176 valence electrons. The second kappa shape index (κ2) is 9.35. The maximum atomic E-state index is 14.1. The largest absolute Gasteiger partial charge is 0.476 e. The number of hydrogen-bond donors (Lipinski definition) is 2. The number of hydrogen-bond acceptors (Lipinski definition) is 7. The van der Waals surface area contributed by atoms with Gasteiger partial charge in [-0.15, -0.1) is 0 Å². The Morgan fingerprint density at radius 3 is 2.62 bits per heavy atom. The number of anilines is 2. The van der Waals surface area contributed by atoms with Gasteiger partial charge in [0, 0.05) is 12.0 Å². The first-order chi connectivity index (χ1) is 16.2. The summed E-state index contributed by atoms with van der Waals surface area (Å²) in [5.41, 5.74) is 2.42. The molecular formula is C23H21ClF2N6O2. The number of aromatic carboxylic acids is 1. The van der Waals surface area contributed by atoms with Gasteiger partial charge in [-0.3, -0.25) is 0 Å². The van der Waals surface area contributed by atoms with Crippen molar-refractivity contribution in [3.8, 4) is 6.07 Å². The third-order valence-electron chi connectivity index (χ3n) is 5.58. The molecule has 0 amide bonds. The number of fused-ring (bicyclic) bond motifs is 1. The Kier molecular flexibility index (Phi) is 6.48. The molecule has 3 aromatic rings. The van der Waals surface area contributed by atoms with Crippen LogP contribution in [0.4, 0.5) is 20.3 Å². The van der Waals surface area contributed by atoms with Crippen LogP contribution >= 0.6 is 11.6 Å². The van der Waals surface area contributed by atoms with Gasteiger partial charge in [0.05, 0.1) is 35.9 Å². The molecule has 2 aromatic heterocycles. The first-order valence-corrected chi connectivity index (χ1v) is 11.0. The number of nitrogens with one attached hydrogen (secondary N) is 1. The number of aromatic nitrogens is 3. The van der Waals surface area contributed by atoms with E-state index in [1.165, 1.54) is 17.0 Å². The van der Waals surface area contributed by atoms with Crippen molar-refractivity contribution in [2.75, 3.05) is 23.3 Å². The van der Waals surface area contributed by atoms with Gasteiger partial charge in [0.15, 0.2) is 17.2 Å². The quantitative estimate of drug-likeness (QED) is 0.502. The highest BCUT2D eigenvalue weighted by Gasteiger charge is 2.30. The van der Waals surface area contributed by atoms with Gasteiger partial charge in [-0.2, -0.15) is 5.26 Å². The summed E-state index contributed by atoms with van der Waals surface area (Å²) in [6.45, 7) is 3.51. The fourth-order valence-electron chi connectivity index (χ4n) is 4.13. The van der Waals surface area contributed by atoms with Crippen molar-refractivity contribution in [3.63, 3.8) is 0 Å². The number of benzene rings is 1. The van der Waals surface area contributed by atoms with E-state index in [9.17, 15) is 23.9 Å². The number of piperidine rings is 1. The molecule has 0 aliphatic carbocycles. The number of halogens is 3. The molecular weight excluding hydrogens is 466 g/mol. The fraction of sp³-hybridized carbons (Fsp3) is 0.348. The van der Waals surface area contributed by atoms with Crippen LogP contribution in [0.1, 0.15) is 46.7 Å². The average molecular weight is 487 g/mol. The van der Waals surface area contributed by atoms with Crippen LogP contribution < -0.4 is 10.2 Å². The third kappa shape index (κ3) is 4.70. The molecule has 1 fully saturated rings. The minimum atomic E-state index is -1.38. The first kappa shape index (κ1) is 23.6. The Bertz CT molecular complexity index is 1300. The molecule has 0 spiro atoms. The van der Waals surface area contributed by atoms with Crippen LogP contribution in [0.5, 0.6) is 0 Å². The molecule has 1 saturated heterocycles. The van der Waals surface area contributed by atoms with Crippen molar-refractivity contribution in [2.24, 2.45) is 0 Å². The van der Waals surface area contributed by atoms with Crippen LogP contribution in [-0.4, -0.2) is 51.5 Å². The van der Waals surface area contributed by atoms with Crippen LogP contribution in [0, 0.1) is 18.3 Å². The van der Waals surface area contributed by atoms with Gasteiger partial charge >= 0.3 is 5.97 Å². The minimum Gasteiger partial charge on any atom is -0.476 e. The molecule has 1 aliphatic rings. The summed E-state index contributed by atoms with van der Waals surface area (Å²) >= 11 is 5.85. The summed E-state index contributed by atoms with van der Waals surface area (Å²) < 4.78 is 28.1. The van der Waals surface area contributed by atoms with Crippen molar-refractivity contribution in [2.45, 2.75) is 38.7 Å². The van der Waals surface area contributed by atoms with Crippen LogP contribution in [0.3, 0.4) is 0 Å². The number of nitrogens with zero attached hydrogens (tertiary/aromatic N) is 5. The van der Waals surface area contributed by atoms with E-state index >= 15 is 0 Å². The molecule has 0 bridgehead atoms. The standard InChI is InChI=1S/C23H21ClF2N6O2/c1-11-5-15(12(2)28-16-3-4-19(24)30-21(16)23(33)34)20-17(6-11)29-18(8-27)22(31-20)32-9-13(25)7-14(26)10-32/h3-6,12-14,28H,7,9-10H2,1-2H3,(H,33,34)/t12-,13-,14-/m1/s1. The van der Waals surface area contributed by atoms with Crippen molar-refractivity contribution in [3.05, 3.63) is 51.9 Å². The number of aryl methyl sites for hydroxylation is 1. The van der Waals surface area contributed by atoms with Crippen molar-refractivity contribution < 1.29 is 18.7 Å². The number of alkyl halides is 2. The monoisotopic (exact) mass is 486 g/mol. The number of carboxylic acid groups (broad SMARTS) is 1. The fourth-order valence-corrected chi connectivity index (χ4v) is 4.27. The molecule has 3 heterocycles. The van der Waals surface area contributed by atoms with Crippen molar-refractivity contribution in [1.29, 1.82) is 5.26 Å². The normalized spacial score (nSPS) is 19.0. The zero-order chi connectivity index (χ0) is 24.6. The smallest absolute Gasteiger partial charge is 0.356 e. The molecule has 2 N–H and O–H groups in total. The van der Waals surface area contributed by atoms with Crippen LogP contribution in [0.2, 0.25) is 5.15 Å². The number of rotatable bonds is 5. The summed E-state index contributed by atoms with van der Waals surface area (Å²) in [4.78, 5) is 26.0. The molecule has 0 radical (unpaired) electrons. The van der Waals surface area contributed by atoms with Gasteiger partial charge in [0.2, 0.25) is 0 Å². The Morgan fingerprint density at radius 2 is 1.97 bits per heavy atom. The molecule has 11 heteroatoms. The number of pyridine rings is 1. The van der Waals surface area contributed by atoms with Gasteiger partial charge in [-0.1, -0.05) is 17.7 Å². The Hall–Kier alpha value is -3.58. The van der Waals surface area contributed by atoms with Crippen LogP contribution in [0.25, 0.3) is 11.0 Å². The molecule has 34 heavy (non-hydrogen) atoms. The molecule has 4 rings (SSSR count). The molecule has 1 aromatic carbocycles. The summed E-state index contributed by atoms with van der Waals surface area (Å²) in [5.74, 6) is -1.12. The van der Waals surface area contributed by atoms with Crippen LogP contribution in [-0.2, 0) is 0 Å². The zero-order valence-corrected chi connectivity index (χ0v) is 19.1. The minimum absolute atomic E-state index is 0.0129. The zero-order valence-electron chi connectivity index (χ0n) is 18.4. The topological polar surface area (TPSA) is 115 Å². The van der Waals surface area contributed by atoms with E-state index < -0.39 is 24.4 Å². The van der Waals surface area contributed by atoms with Crippen molar-refractivity contribution in [1.82, 2.24) is 15.0 Å². The second-order valence-electron chi connectivity index (χ2n) is 8.27. The van der Waals surface area contributed by atoms with Gasteiger partial charge in [0.25, 0.3) is 0 Å². The Balaban J connectivity index is 1.80. The summed E-state index contributed by atoms with van der Waals surface area (Å²) in [6, 6.07) is 8.16. The first-order valence-electron chi connectivity index (χ1n) is 10.6. The van der Waals surface area contributed by atoms with E-state index in [-0.39, 0.29) is 47.6 Å². The predicted octanol–water partition coefficient (Wildman–Crippen LogP) is 4.62. The van der Waals surface area contributed by atoms with E-state index in [0.29, 0.717) is 16.6 Å². The molecule has 0 saturated carbocycles. The Morgan fingerprint density at radius 1 is 1.26 bits per heavy atom. The second-order valence-corrected chi connectivity index (χ2v) is 8.65. The van der Waals surface area contributed by atoms with E-state index in [1.807, 2.05) is 26.0 Å². The summed E-state index contributed by atoms with van der Waals surface area (Å²) in [7, 11) is 0. The molecule has 0 unspecified atom stereocenters. The highest BCUT2D eigenvalue weighted by Crippen LogP contribution is 2.31. The lowest BCUT2D eigenvalue weighted by Gasteiger charge is -2.32. The lowest BCUT2D eigenvalue weighted by Crippen LogP contribution is -2.43. The Labute approximate surface area is 199 Å². The van der Waals surface area contributed by atoms with Gasteiger partial charge in [-0.25, -0.2) is 28.5 Å². The number of carboxylic acids is 1. The van der Waals surface area contributed by atoms with Gasteiger partial charge in [0.1, 0.15) is 23.6 Å². The summed E-state index contributed by atoms with van der Waals surface area (Å²) in [5, 5.41) is 22.3. The number of nitriles is 1. The maximum absolute atomic E-state index is 14.1. The van der Waals surface area contributed by atoms with Crippen LogP contribution in [0.15, 0.2) is 24.3 Å². The molecule has 3 atom stereocenters. The van der Waals surface area contributed by atoms with Crippen molar-refractivity contribution >= 4 is 40.1 Å². The SMILES string of the molecule is Cc1cc([C@@H](C)Nc2ccc(Cl)nc2C(=O)O)c2nc(N3C[C@H](F)C[C@@H](F)C3)c(C#N)nc2c1.